The quantitative estimate of drug-likeness (QED) is 0.840. The van der Waals surface area contributed by atoms with Gasteiger partial charge in [-0.2, -0.15) is 0 Å². The van der Waals surface area contributed by atoms with Gasteiger partial charge < -0.3 is 15.5 Å². The van der Waals surface area contributed by atoms with E-state index < -0.39 is 0 Å². The summed E-state index contributed by atoms with van der Waals surface area (Å²) in [6.45, 7) is 0.679. The smallest absolute Gasteiger partial charge is 0.236 e. The Labute approximate surface area is 113 Å². The average molecular weight is 261 g/mol. The van der Waals surface area contributed by atoms with Crippen LogP contribution < -0.4 is 10.6 Å². The Balaban J connectivity index is 2.02. The summed E-state index contributed by atoms with van der Waals surface area (Å²) in [6, 6.07) is 6.03. The van der Waals surface area contributed by atoms with Crippen LogP contribution in [0.2, 0.25) is 0 Å². The fourth-order valence-electron chi connectivity index (χ4n) is 2.26. The summed E-state index contributed by atoms with van der Waals surface area (Å²) in [6.07, 6.45) is 1.24. The summed E-state index contributed by atoms with van der Waals surface area (Å²) in [4.78, 5) is 26.3. The van der Waals surface area contributed by atoms with Crippen molar-refractivity contribution in [1.82, 2.24) is 4.90 Å². The number of nitrogens with zero attached hydrogens (tertiary/aromatic N) is 2. The van der Waals surface area contributed by atoms with Gasteiger partial charge in [0.2, 0.25) is 11.8 Å². The van der Waals surface area contributed by atoms with Gasteiger partial charge in [-0.1, -0.05) is 12.1 Å². The van der Waals surface area contributed by atoms with Crippen LogP contribution in [0.25, 0.3) is 0 Å². The molecule has 0 aliphatic carbocycles. The molecule has 102 valence electrons. The Hall–Kier alpha value is -1.88. The molecule has 0 bridgehead atoms. The molecule has 1 aliphatic heterocycles. The zero-order chi connectivity index (χ0) is 14.0. The van der Waals surface area contributed by atoms with E-state index in [1.165, 1.54) is 0 Å². The van der Waals surface area contributed by atoms with Crippen LogP contribution in [0.3, 0.4) is 0 Å². The Morgan fingerprint density at radius 3 is 2.89 bits per heavy atom. The lowest BCUT2D eigenvalue weighted by molar-refractivity contribution is -0.128. The van der Waals surface area contributed by atoms with Crippen molar-refractivity contribution < 1.29 is 9.59 Å². The Kier molecular flexibility index (Phi) is 3.85. The summed E-state index contributed by atoms with van der Waals surface area (Å²) < 4.78 is 0. The predicted octanol–water partition coefficient (Wildman–Crippen LogP) is 0.165. The number of rotatable bonds is 4. The lowest BCUT2D eigenvalue weighted by atomic mass is 10.1. The van der Waals surface area contributed by atoms with Gasteiger partial charge >= 0.3 is 0 Å². The van der Waals surface area contributed by atoms with Crippen LogP contribution in [0.1, 0.15) is 11.1 Å². The molecule has 0 unspecified atom stereocenters. The fraction of sp³-hybridized carbons (Fsp3) is 0.429. The largest absolute Gasteiger partial charge is 0.344 e. The lowest BCUT2D eigenvalue weighted by Crippen LogP contribution is -2.34. The summed E-state index contributed by atoms with van der Waals surface area (Å²) in [5.74, 6) is 0.0682. The van der Waals surface area contributed by atoms with E-state index in [4.69, 9.17) is 5.73 Å². The molecule has 0 saturated carbocycles. The topological polar surface area (TPSA) is 66.6 Å². The maximum atomic E-state index is 11.6. The molecule has 5 heteroatoms. The number of hydrogen-bond donors (Lipinski definition) is 1. The van der Waals surface area contributed by atoms with Crippen LogP contribution in [0.15, 0.2) is 18.2 Å². The van der Waals surface area contributed by atoms with Crippen LogP contribution in [0.4, 0.5) is 5.69 Å². The molecule has 1 aliphatic rings. The third kappa shape index (κ3) is 2.76. The number of amides is 2. The third-order valence-corrected chi connectivity index (χ3v) is 3.56. The molecule has 0 aromatic heterocycles. The molecule has 0 radical (unpaired) electrons. The molecule has 19 heavy (non-hydrogen) atoms. The van der Waals surface area contributed by atoms with E-state index in [1.807, 2.05) is 12.1 Å². The van der Waals surface area contributed by atoms with Gasteiger partial charge in [-0.15, -0.1) is 0 Å². The molecule has 2 N–H and O–H groups in total. The molecule has 2 amide bonds. The summed E-state index contributed by atoms with van der Waals surface area (Å²) in [5, 5.41) is 0. The van der Waals surface area contributed by atoms with E-state index in [9.17, 15) is 9.59 Å². The van der Waals surface area contributed by atoms with Gasteiger partial charge in [0, 0.05) is 26.3 Å². The summed E-state index contributed by atoms with van der Waals surface area (Å²) in [7, 11) is 3.54. The van der Waals surface area contributed by atoms with Crippen molar-refractivity contribution in [2.75, 3.05) is 32.1 Å². The second kappa shape index (κ2) is 5.40. The van der Waals surface area contributed by atoms with Gasteiger partial charge in [-0.05, 0) is 23.6 Å². The van der Waals surface area contributed by atoms with Gasteiger partial charge in [0.25, 0.3) is 0 Å². The summed E-state index contributed by atoms with van der Waals surface area (Å²) in [5.41, 5.74) is 8.50. The normalized spacial score (nSPS) is 13.6. The number of likely N-dealkylation sites (N-methyl/N-ethyl adjacent to an activating group) is 2. The maximum Gasteiger partial charge on any atom is 0.236 e. The maximum absolute atomic E-state index is 11.6. The van der Waals surface area contributed by atoms with E-state index in [-0.39, 0.29) is 18.4 Å². The van der Waals surface area contributed by atoms with Crippen molar-refractivity contribution in [1.29, 1.82) is 0 Å². The minimum absolute atomic E-state index is 0.0417. The van der Waals surface area contributed by atoms with Gasteiger partial charge in [0.05, 0.1) is 13.0 Å². The molecule has 0 saturated heterocycles. The highest BCUT2D eigenvalue weighted by molar-refractivity contribution is 6.00. The molecule has 5 nitrogen and oxygen atoms in total. The van der Waals surface area contributed by atoms with Gasteiger partial charge in [-0.3, -0.25) is 9.59 Å². The zero-order valence-corrected chi connectivity index (χ0v) is 11.3. The third-order valence-electron chi connectivity index (χ3n) is 3.56. The number of carbonyl (C=O) groups is 2. The minimum Gasteiger partial charge on any atom is -0.344 e. The molecule has 2 rings (SSSR count). The number of carbonyl (C=O) groups excluding carboxylic acids is 2. The minimum atomic E-state index is -0.0592. The van der Waals surface area contributed by atoms with Crippen molar-refractivity contribution in [3.8, 4) is 0 Å². The highest BCUT2D eigenvalue weighted by Crippen LogP contribution is 2.28. The molecule has 1 aromatic carbocycles. The van der Waals surface area contributed by atoms with Crippen molar-refractivity contribution >= 4 is 17.5 Å². The monoisotopic (exact) mass is 261 g/mol. The number of fused-ring (bicyclic) bond motifs is 1. The Morgan fingerprint density at radius 1 is 1.47 bits per heavy atom. The molecular weight excluding hydrogens is 242 g/mol. The van der Waals surface area contributed by atoms with Crippen molar-refractivity contribution in [3.63, 3.8) is 0 Å². The predicted molar refractivity (Wildman–Crippen MR) is 74.0 cm³/mol. The van der Waals surface area contributed by atoms with Crippen LogP contribution in [-0.2, 0) is 22.4 Å². The molecule has 1 aromatic rings. The highest BCUT2D eigenvalue weighted by atomic mass is 16.2. The Bertz CT molecular complexity index is 513. The first kappa shape index (κ1) is 13.5. The average Bonchev–Trinajstić information content (AvgIpc) is 2.70. The van der Waals surface area contributed by atoms with Crippen LogP contribution in [0.5, 0.6) is 0 Å². The molecular formula is C14H19N3O2. The van der Waals surface area contributed by atoms with Crippen molar-refractivity contribution in [2.45, 2.75) is 12.8 Å². The first-order chi connectivity index (χ1) is 9.02. The summed E-state index contributed by atoms with van der Waals surface area (Å²) >= 11 is 0. The van der Waals surface area contributed by atoms with E-state index in [0.29, 0.717) is 13.0 Å². The van der Waals surface area contributed by atoms with Crippen LogP contribution in [0, 0.1) is 0 Å². The van der Waals surface area contributed by atoms with E-state index in [2.05, 4.69) is 6.07 Å². The van der Waals surface area contributed by atoms with E-state index in [1.54, 1.807) is 23.9 Å². The van der Waals surface area contributed by atoms with E-state index >= 15 is 0 Å². The van der Waals surface area contributed by atoms with Crippen molar-refractivity contribution in [2.24, 2.45) is 5.73 Å². The first-order valence-corrected chi connectivity index (χ1v) is 6.35. The van der Waals surface area contributed by atoms with Gasteiger partial charge in [-0.25, -0.2) is 0 Å². The number of benzene rings is 1. The van der Waals surface area contributed by atoms with Crippen molar-refractivity contribution in [3.05, 3.63) is 29.3 Å². The molecule has 0 atom stereocenters. The van der Waals surface area contributed by atoms with Crippen LogP contribution in [-0.4, -0.2) is 43.9 Å². The van der Waals surface area contributed by atoms with Gasteiger partial charge in [0.1, 0.15) is 0 Å². The zero-order valence-electron chi connectivity index (χ0n) is 11.3. The number of nitrogens with two attached hydrogens (primary N) is 1. The SMILES string of the molecule is CN(CCc1ccc2c(c1)CC(=O)N2C)C(=O)CN. The number of hydrogen-bond acceptors (Lipinski definition) is 3. The number of anilines is 1. The Morgan fingerprint density at radius 2 is 2.21 bits per heavy atom. The highest BCUT2D eigenvalue weighted by Gasteiger charge is 2.23. The second-order valence-electron chi connectivity index (χ2n) is 4.86. The first-order valence-electron chi connectivity index (χ1n) is 6.35. The molecule has 1 heterocycles. The fourth-order valence-corrected chi connectivity index (χ4v) is 2.26. The van der Waals surface area contributed by atoms with E-state index in [0.717, 1.165) is 23.2 Å². The standard InChI is InChI=1S/C14H19N3O2/c1-16(14(19)9-15)6-5-10-3-4-12-11(7-10)8-13(18)17(12)2/h3-4,7H,5-6,8-9,15H2,1-2H3. The molecule has 0 fully saturated rings. The molecule has 0 spiro atoms. The lowest BCUT2D eigenvalue weighted by Gasteiger charge is -2.16. The van der Waals surface area contributed by atoms with Crippen LogP contribution >= 0.6 is 0 Å². The van der Waals surface area contributed by atoms with Gasteiger partial charge in [0.15, 0.2) is 0 Å². The second-order valence-corrected chi connectivity index (χ2v) is 4.86.